The summed E-state index contributed by atoms with van der Waals surface area (Å²) in [5.41, 5.74) is 0.994. The van der Waals surface area contributed by atoms with Crippen molar-refractivity contribution in [2.75, 3.05) is 19.7 Å². The molecule has 5 nitrogen and oxygen atoms in total. The number of carbonyl (C=O) groups excluding carboxylic acids is 2. The number of halogens is 1. The second-order valence-electron chi connectivity index (χ2n) is 6.35. The lowest BCUT2D eigenvalue weighted by Crippen LogP contribution is -2.38. The molecule has 0 spiro atoms. The van der Waals surface area contributed by atoms with Gasteiger partial charge < -0.3 is 14.4 Å². The number of rotatable bonds is 7. The number of hydrogen-bond acceptors (Lipinski definition) is 4. The number of piperidine rings is 1. The van der Waals surface area contributed by atoms with Crippen LogP contribution in [0.15, 0.2) is 40.9 Å². The fourth-order valence-corrected chi connectivity index (χ4v) is 3.36. The lowest BCUT2D eigenvalue weighted by Gasteiger charge is -2.31. The number of nitrogens with zero attached hydrogens (tertiary/aromatic N) is 1. The van der Waals surface area contributed by atoms with Crippen LogP contribution in [0.4, 0.5) is 4.79 Å². The van der Waals surface area contributed by atoms with Crippen LogP contribution in [0.5, 0.6) is 0 Å². The molecule has 6 heteroatoms. The monoisotopic (exact) mass is 423 g/mol. The third-order valence-corrected chi connectivity index (χ3v) is 5.06. The molecular formula is C20H26BrNO4. The Kier molecular flexibility index (Phi) is 8.68. The van der Waals surface area contributed by atoms with Crippen LogP contribution >= 0.6 is 15.9 Å². The van der Waals surface area contributed by atoms with Gasteiger partial charge in [-0.2, -0.15) is 0 Å². The second-order valence-corrected chi connectivity index (χ2v) is 7.37. The number of benzene rings is 1. The van der Waals surface area contributed by atoms with Gasteiger partial charge in [-0.1, -0.05) is 46.3 Å². The maximum absolute atomic E-state index is 12.2. The van der Waals surface area contributed by atoms with Crippen molar-refractivity contribution in [2.45, 2.75) is 39.2 Å². The highest BCUT2D eigenvalue weighted by atomic mass is 79.9. The Bertz CT molecular complexity index is 609. The quantitative estimate of drug-likeness (QED) is 0.472. The summed E-state index contributed by atoms with van der Waals surface area (Å²) in [5, 5.41) is 0. The van der Waals surface area contributed by atoms with E-state index in [1.165, 1.54) is 6.08 Å². The molecule has 0 saturated carbocycles. The molecule has 0 radical (unpaired) electrons. The van der Waals surface area contributed by atoms with Crippen molar-refractivity contribution in [3.8, 4) is 0 Å². The Balaban J connectivity index is 1.66. The summed E-state index contributed by atoms with van der Waals surface area (Å²) in [6.07, 6.45) is 4.97. The molecule has 2 rings (SSSR count). The van der Waals surface area contributed by atoms with Crippen LogP contribution in [-0.2, 0) is 20.9 Å². The maximum Gasteiger partial charge on any atom is 0.410 e. The van der Waals surface area contributed by atoms with Crippen LogP contribution in [0.3, 0.4) is 0 Å². The van der Waals surface area contributed by atoms with Gasteiger partial charge in [0.1, 0.15) is 6.61 Å². The topological polar surface area (TPSA) is 55.8 Å². The van der Waals surface area contributed by atoms with Gasteiger partial charge in [-0.3, -0.25) is 0 Å². The number of carbonyl (C=O) groups is 2. The molecule has 142 valence electrons. The lowest BCUT2D eigenvalue weighted by molar-refractivity contribution is -0.137. The van der Waals surface area contributed by atoms with Crippen molar-refractivity contribution >= 4 is 28.0 Å². The minimum atomic E-state index is -0.310. The zero-order valence-electron chi connectivity index (χ0n) is 15.2. The predicted octanol–water partition coefficient (Wildman–Crippen LogP) is 4.66. The predicted molar refractivity (Wildman–Crippen MR) is 104 cm³/mol. The zero-order chi connectivity index (χ0) is 18.8. The van der Waals surface area contributed by atoms with Crippen molar-refractivity contribution in [1.82, 2.24) is 4.90 Å². The van der Waals surface area contributed by atoms with E-state index in [0.29, 0.717) is 19.1 Å². The van der Waals surface area contributed by atoms with Gasteiger partial charge in [-0.15, -0.1) is 0 Å². The molecule has 1 aliphatic heterocycles. The summed E-state index contributed by atoms with van der Waals surface area (Å²) in [6, 6.07) is 9.70. The highest BCUT2D eigenvalue weighted by molar-refractivity contribution is 9.11. The lowest BCUT2D eigenvalue weighted by atomic mass is 9.92. The fraction of sp³-hybridized carbons (Fsp3) is 0.500. The van der Waals surface area contributed by atoms with Crippen LogP contribution in [0.1, 0.15) is 38.2 Å². The van der Waals surface area contributed by atoms with E-state index >= 15 is 0 Å². The van der Waals surface area contributed by atoms with Crippen molar-refractivity contribution < 1.29 is 19.1 Å². The van der Waals surface area contributed by atoms with E-state index in [1.807, 2.05) is 30.3 Å². The van der Waals surface area contributed by atoms with Gasteiger partial charge in [0.05, 0.1) is 6.61 Å². The SMILES string of the molecule is CCOC(=O)C=C(Br)CCC1CCN(C(=O)OCc2ccccc2)CC1. The van der Waals surface area contributed by atoms with Crippen LogP contribution in [-0.4, -0.2) is 36.7 Å². The highest BCUT2D eigenvalue weighted by Crippen LogP contribution is 2.26. The molecule has 0 atom stereocenters. The van der Waals surface area contributed by atoms with Gasteiger partial charge in [-0.25, -0.2) is 9.59 Å². The van der Waals surface area contributed by atoms with Crippen LogP contribution < -0.4 is 0 Å². The maximum atomic E-state index is 12.2. The zero-order valence-corrected chi connectivity index (χ0v) is 16.7. The summed E-state index contributed by atoms with van der Waals surface area (Å²) >= 11 is 3.43. The van der Waals surface area contributed by atoms with E-state index < -0.39 is 0 Å². The van der Waals surface area contributed by atoms with Gasteiger partial charge in [0.15, 0.2) is 0 Å². The third-order valence-electron chi connectivity index (χ3n) is 4.43. The number of allylic oxidation sites excluding steroid dienone is 1. The smallest absolute Gasteiger partial charge is 0.410 e. The van der Waals surface area contributed by atoms with Crippen molar-refractivity contribution in [2.24, 2.45) is 5.92 Å². The average molecular weight is 424 g/mol. The van der Waals surface area contributed by atoms with Gasteiger partial charge in [-0.05, 0) is 44.1 Å². The van der Waals surface area contributed by atoms with Crippen molar-refractivity contribution in [1.29, 1.82) is 0 Å². The van der Waals surface area contributed by atoms with E-state index in [2.05, 4.69) is 15.9 Å². The summed E-state index contributed by atoms with van der Waals surface area (Å²) in [4.78, 5) is 25.3. The molecule has 1 heterocycles. The molecule has 1 fully saturated rings. The first-order valence-corrected chi connectivity index (χ1v) is 9.86. The molecule has 0 unspecified atom stereocenters. The average Bonchev–Trinajstić information content (AvgIpc) is 2.66. The molecular weight excluding hydrogens is 398 g/mol. The molecule has 26 heavy (non-hydrogen) atoms. The summed E-state index contributed by atoms with van der Waals surface area (Å²) in [7, 11) is 0. The van der Waals surface area contributed by atoms with Crippen LogP contribution in [0, 0.1) is 5.92 Å². The molecule has 0 aromatic heterocycles. The minimum absolute atomic E-state index is 0.240. The van der Waals surface area contributed by atoms with E-state index in [1.54, 1.807) is 11.8 Å². The normalized spacial score (nSPS) is 15.6. The van der Waals surface area contributed by atoms with E-state index in [0.717, 1.165) is 48.8 Å². The molecule has 1 aromatic carbocycles. The molecule has 1 aliphatic rings. The Labute approximate surface area is 163 Å². The summed E-state index contributed by atoms with van der Waals surface area (Å²) in [5.74, 6) is 0.242. The standard InChI is InChI=1S/C20H26BrNO4/c1-2-25-19(23)14-18(21)9-8-16-10-12-22(13-11-16)20(24)26-15-17-6-4-3-5-7-17/h3-7,14,16H,2,8-13,15H2,1H3. The Morgan fingerprint density at radius 1 is 1.19 bits per heavy atom. The molecule has 0 bridgehead atoms. The van der Waals surface area contributed by atoms with E-state index in [9.17, 15) is 9.59 Å². The second kappa shape index (κ2) is 11.0. The first-order chi connectivity index (χ1) is 12.6. The van der Waals surface area contributed by atoms with E-state index in [-0.39, 0.29) is 12.1 Å². The largest absolute Gasteiger partial charge is 0.463 e. The summed E-state index contributed by atoms with van der Waals surface area (Å²) < 4.78 is 11.1. The number of ether oxygens (including phenoxy) is 2. The van der Waals surface area contributed by atoms with Crippen molar-refractivity contribution in [3.05, 3.63) is 46.5 Å². The molecule has 1 amide bonds. The molecule has 1 saturated heterocycles. The highest BCUT2D eigenvalue weighted by Gasteiger charge is 2.23. The Hall–Kier alpha value is -1.82. The van der Waals surface area contributed by atoms with Crippen LogP contribution in [0.25, 0.3) is 0 Å². The Morgan fingerprint density at radius 2 is 1.88 bits per heavy atom. The molecule has 0 N–H and O–H groups in total. The first-order valence-electron chi connectivity index (χ1n) is 9.07. The van der Waals surface area contributed by atoms with Gasteiger partial charge in [0.25, 0.3) is 0 Å². The van der Waals surface area contributed by atoms with Gasteiger partial charge >= 0.3 is 12.1 Å². The number of likely N-dealkylation sites (tertiary alicyclic amines) is 1. The van der Waals surface area contributed by atoms with Crippen LogP contribution in [0.2, 0.25) is 0 Å². The summed E-state index contributed by atoms with van der Waals surface area (Å²) in [6.45, 7) is 3.92. The first kappa shape index (κ1) is 20.5. The fourth-order valence-electron chi connectivity index (χ4n) is 2.94. The minimum Gasteiger partial charge on any atom is -0.463 e. The molecule has 0 aliphatic carbocycles. The number of amides is 1. The third kappa shape index (κ3) is 7.20. The number of esters is 1. The Morgan fingerprint density at radius 3 is 2.54 bits per heavy atom. The van der Waals surface area contributed by atoms with Gasteiger partial charge in [0.2, 0.25) is 0 Å². The van der Waals surface area contributed by atoms with Gasteiger partial charge in [0, 0.05) is 23.6 Å². The van der Waals surface area contributed by atoms with E-state index in [4.69, 9.17) is 9.47 Å². The van der Waals surface area contributed by atoms with Crippen molar-refractivity contribution in [3.63, 3.8) is 0 Å². The number of hydrogen-bond donors (Lipinski definition) is 0. The molecule has 1 aromatic rings.